The Bertz CT molecular complexity index is 229. The quantitative estimate of drug-likeness (QED) is 0.404. The van der Waals surface area contributed by atoms with Crippen molar-refractivity contribution in [2.24, 2.45) is 0 Å². The molecule has 0 fully saturated rings. The Morgan fingerprint density at radius 3 is 2.10 bits per heavy atom. The Balaban J connectivity index is 4.70. The van der Waals surface area contributed by atoms with Gasteiger partial charge in [0.15, 0.2) is 0 Å². The summed E-state index contributed by atoms with van der Waals surface area (Å²) in [5.41, 5.74) is 0.894. The SMILES string of the molecule is C/C=C/C(C)=C(C#N)C#N. The Morgan fingerprint density at radius 2 is 1.80 bits per heavy atom. The highest BCUT2D eigenvalue weighted by atomic mass is 14.3. The van der Waals surface area contributed by atoms with E-state index in [1.54, 1.807) is 31.2 Å². The second-order valence-electron chi connectivity index (χ2n) is 1.78. The summed E-state index contributed by atoms with van der Waals surface area (Å²) < 4.78 is 0. The first-order valence-electron chi connectivity index (χ1n) is 2.90. The lowest BCUT2D eigenvalue weighted by Crippen LogP contribution is -1.77. The molecule has 0 aromatic rings. The van der Waals surface area contributed by atoms with Crippen molar-refractivity contribution in [1.82, 2.24) is 0 Å². The van der Waals surface area contributed by atoms with E-state index >= 15 is 0 Å². The fourth-order valence-electron chi connectivity index (χ4n) is 0.535. The molecule has 0 heterocycles. The van der Waals surface area contributed by atoms with E-state index in [0.29, 0.717) is 5.57 Å². The van der Waals surface area contributed by atoms with E-state index in [1.165, 1.54) is 0 Å². The van der Waals surface area contributed by atoms with Crippen molar-refractivity contribution in [1.29, 1.82) is 10.5 Å². The van der Waals surface area contributed by atoms with Gasteiger partial charge in [0.2, 0.25) is 0 Å². The fourth-order valence-corrected chi connectivity index (χ4v) is 0.535. The van der Waals surface area contributed by atoms with Gasteiger partial charge in [0.25, 0.3) is 0 Å². The van der Waals surface area contributed by atoms with Crippen LogP contribution in [0.3, 0.4) is 0 Å². The molecule has 2 heteroatoms. The van der Waals surface area contributed by atoms with Gasteiger partial charge in [-0.3, -0.25) is 0 Å². The zero-order chi connectivity index (χ0) is 7.98. The lowest BCUT2D eigenvalue weighted by molar-refractivity contribution is 1.39. The number of hydrogen-bond donors (Lipinski definition) is 0. The molecule has 0 aromatic heterocycles. The van der Waals surface area contributed by atoms with E-state index in [1.807, 2.05) is 6.92 Å². The summed E-state index contributed by atoms with van der Waals surface area (Å²) in [6.45, 7) is 3.58. The van der Waals surface area contributed by atoms with Crippen molar-refractivity contribution in [3.8, 4) is 12.1 Å². The van der Waals surface area contributed by atoms with Gasteiger partial charge in [-0.05, 0) is 19.4 Å². The minimum Gasteiger partial charge on any atom is -0.192 e. The summed E-state index contributed by atoms with van der Waals surface area (Å²) in [5, 5.41) is 16.7. The van der Waals surface area contributed by atoms with Crippen LogP contribution in [0.1, 0.15) is 13.8 Å². The van der Waals surface area contributed by atoms with E-state index < -0.39 is 0 Å². The maximum Gasteiger partial charge on any atom is 0.132 e. The van der Waals surface area contributed by atoms with Gasteiger partial charge in [-0.25, -0.2) is 0 Å². The van der Waals surface area contributed by atoms with Crippen LogP contribution in [-0.4, -0.2) is 0 Å². The second kappa shape index (κ2) is 4.35. The summed E-state index contributed by atoms with van der Waals surface area (Å²) in [5.74, 6) is 0. The van der Waals surface area contributed by atoms with Crippen molar-refractivity contribution in [3.63, 3.8) is 0 Å². The molecule has 0 aliphatic rings. The minimum absolute atomic E-state index is 0.179. The summed E-state index contributed by atoms with van der Waals surface area (Å²) in [4.78, 5) is 0. The van der Waals surface area contributed by atoms with Gasteiger partial charge in [-0.2, -0.15) is 10.5 Å². The van der Waals surface area contributed by atoms with Crippen LogP contribution >= 0.6 is 0 Å². The van der Waals surface area contributed by atoms with Gasteiger partial charge in [-0.1, -0.05) is 12.2 Å². The summed E-state index contributed by atoms with van der Waals surface area (Å²) in [6.07, 6.45) is 3.53. The molecule has 0 unspecified atom stereocenters. The van der Waals surface area contributed by atoms with Crippen molar-refractivity contribution >= 4 is 0 Å². The zero-order valence-electron chi connectivity index (χ0n) is 6.05. The number of nitrogens with zero attached hydrogens (tertiary/aromatic N) is 2. The Morgan fingerprint density at radius 1 is 1.30 bits per heavy atom. The van der Waals surface area contributed by atoms with Crippen molar-refractivity contribution in [2.75, 3.05) is 0 Å². The molecule has 2 nitrogen and oxygen atoms in total. The highest BCUT2D eigenvalue weighted by Gasteiger charge is 1.93. The smallest absolute Gasteiger partial charge is 0.132 e. The van der Waals surface area contributed by atoms with E-state index in [9.17, 15) is 0 Å². The van der Waals surface area contributed by atoms with Gasteiger partial charge < -0.3 is 0 Å². The Kier molecular flexibility index (Phi) is 3.68. The fraction of sp³-hybridized carbons (Fsp3) is 0.250. The van der Waals surface area contributed by atoms with Crippen LogP contribution < -0.4 is 0 Å². The maximum atomic E-state index is 8.36. The Labute approximate surface area is 60.7 Å². The lowest BCUT2D eigenvalue weighted by Gasteiger charge is -1.86. The van der Waals surface area contributed by atoms with Gasteiger partial charge >= 0.3 is 0 Å². The van der Waals surface area contributed by atoms with E-state index in [4.69, 9.17) is 10.5 Å². The van der Waals surface area contributed by atoms with Crippen LogP contribution in [0.4, 0.5) is 0 Å². The molecule has 0 aromatic carbocycles. The molecule has 0 aliphatic heterocycles. The standard InChI is InChI=1S/C8H8N2/c1-3-4-7(2)8(5-9)6-10/h3-4H,1-2H3/b4-3+. The topological polar surface area (TPSA) is 47.6 Å². The molecule has 0 atom stereocenters. The molecule has 0 saturated carbocycles. The van der Waals surface area contributed by atoms with Crippen LogP contribution in [-0.2, 0) is 0 Å². The first-order chi connectivity index (χ1) is 4.76. The third kappa shape index (κ3) is 2.15. The van der Waals surface area contributed by atoms with Crippen LogP contribution in [0.15, 0.2) is 23.3 Å². The lowest BCUT2D eigenvalue weighted by atomic mass is 10.1. The molecule has 0 bridgehead atoms. The van der Waals surface area contributed by atoms with Crippen molar-refractivity contribution in [2.45, 2.75) is 13.8 Å². The predicted molar refractivity (Wildman–Crippen MR) is 38.7 cm³/mol. The first-order valence-corrected chi connectivity index (χ1v) is 2.90. The highest BCUT2D eigenvalue weighted by Crippen LogP contribution is 2.02. The van der Waals surface area contributed by atoms with Crippen molar-refractivity contribution in [3.05, 3.63) is 23.3 Å². The summed E-state index contributed by atoms with van der Waals surface area (Å²) >= 11 is 0. The average molecular weight is 132 g/mol. The molecule has 0 saturated heterocycles. The molecular weight excluding hydrogens is 124 g/mol. The number of hydrogen-bond acceptors (Lipinski definition) is 2. The number of nitriles is 2. The van der Waals surface area contributed by atoms with E-state index in [2.05, 4.69) is 0 Å². The molecule has 0 rings (SSSR count). The normalized spacial score (nSPS) is 8.40. The van der Waals surface area contributed by atoms with E-state index in [0.717, 1.165) is 0 Å². The Hall–Kier alpha value is -1.54. The summed E-state index contributed by atoms with van der Waals surface area (Å²) in [7, 11) is 0. The van der Waals surface area contributed by atoms with E-state index in [-0.39, 0.29) is 5.57 Å². The van der Waals surface area contributed by atoms with Gasteiger partial charge in [0, 0.05) is 0 Å². The van der Waals surface area contributed by atoms with Crippen LogP contribution in [0.25, 0.3) is 0 Å². The van der Waals surface area contributed by atoms with Gasteiger partial charge in [0.05, 0.1) is 0 Å². The zero-order valence-corrected chi connectivity index (χ0v) is 6.05. The third-order valence-corrected chi connectivity index (χ3v) is 1.03. The molecule has 0 spiro atoms. The molecule has 10 heavy (non-hydrogen) atoms. The molecule has 0 amide bonds. The van der Waals surface area contributed by atoms with Crippen LogP contribution in [0, 0.1) is 22.7 Å². The molecule has 0 aliphatic carbocycles. The van der Waals surface area contributed by atoms with Crippen LogP contribution in [0.5, 0.6) is 0 Å². The van der Waals surface area contributed by atoms with Gasteiger partial charge in [0.1, 0.15) is 17.7 Å². The highest BCUT2D eigenvalue weighted by molar-refractivity contribution is 5.43. The predicted octanol–water partition coefficient (Wildman–Crippen LogP) is 1.93. The minimum atomic E-state index is 0.179. The molecule has 0 N–H and O–H groups in total. The average Bonchev–Trinajstić information content (AvgIpc) is 1.91. The third-order valence-electron chi connectivity index (χ3n) is 1.03. The van der Waals surface area contributed by atoms with Gasteiger partial charge in [-0.15, -0.1) is 0 Å². The maximum absolute atomic E-state index is 8.36. The van der Waals surface area contributed by atoms with Crippen LogP contribution in [0.2, 0.25) is 0 Å². The molecular formula is C8H8N2. The first kappa shape index (κ1) is 8.46. The number of allylic oxidation sites excluding steroid dienone is 4. The monoisotopic (exact) mass is 132 g/mol. The second-order valence-corrected chi connectivity index (χ2v) is 1.78. The summed E-state index contributed by atoms with van der Waals surface area (Å²) in [6, 6.07) is 3.61. The largest absolute Gasteiger partial charge is 0.192 e. The number of rotatable bonds is 1. The molecule has 50 valence electrons. The molecule has 0 radical (unpaired) electrons. The van der Waals surface area contributed by atoms with Crippen molar-refractivity contribution < 1.29 is 0 Å².